The van der Waals surface area contributed by atoms with Crippen LogP contribution in [-0.2, 0) is 6.54 Å². The lowest BCUT2D eigenvalue weighted by atomic mass is 10.1. The summed E-state index contributed by atoms with van der Waals surface area (Å²) in [5, 5.41) is 3.54. The van der Waals surface area contributed by atoms with Gasteiger partial charge in [-0.25, -0.2) is 0 Å². The van der Waals surface area contributed by atoms with Gasteiger partial charge in [0.05, 0.1) is 12.6 Å². The van der Waals surface area contributed by atoms with Crippen molar-refractivity contribution in [3.63, 3.8) is 0 Å². The van der Waals surface area contributed by atoms with Gasteiger partial charge in [-0.1, -0.05) is 60.1 Å². The second-order valence-corrected chi connectivity index (χ2v) is 9.96. The molecule has 4 rings (SSSR count). The number of hydrogen-bond acceptors (Lipinski definition) is 3. The van der Waals surface area contributed by atoms with Gasteiger partial charge >= 0.3 is 0 Å². The van der Waals surface area contributed by atoms with Gasteiger partial charge < -0.3 is 9.88 Å². The van der Waals surface area contributed by atoms with Crippen LogP contribution in [0.2, 0.25) is 5.02 Å². The van der Waals surface area contributed by atoms with Gasteiger partial charge in [-0.2, -0.15) is 4.99 Å². The lowest BCUT2D eigenvalue weighted by molar-refractivity contribution is 0.0938. The molecule has 1 atom stereocenters. The Hall–Kier alpha value is -3.48. The Kier molecular flexibility index (Phi) is 7.63. The maximum atomic E-state index is 12.7. The Bertz CT molecular complexity index is 1420. The first kappa shape index (κ1) is 24.6. The highest BCUT2D eigenvalue weighted by Crippen LogP contribution is 2.16. The molecule has 7 heteroatoms. The van der Waals surface area contributed by atoms with Crippen LogP contribution in [0.1, 0.15) is 55.4 Å². The summed E-state index contributed by atoms with van der Waals surface area (Å²) in [6, 6.07) is 24.1. The second kappa shape index (κ2) is 10.8. The zero-order valence-corrected chi connectivity index (χ0v) is 21.4. The lowest BCUT2D eigenvalue weighted by Gasteiger charge is -2.14. The molecular weight excluding hydrogens is 478 g/mol. The van der Waals surface area contributed by atoms with Gasteiger partial charge in [-0.3, -0.25) is 9.59 Å². The van der Waals surface area contributed by atoms with Gasteiger partial charge in [-0.15, -0.1) is 11.3 Å². The number of aryl methyl sites for hydroxylation is 1. The normalized spacial score (nSPS) is 12.4. The van der Waals surface area contributed by atoms with Crippen LogP contribution >= 0.6 is 22.9 Å². The maximum absolute atomic E-state index is 12.7. The Labute approximate surface area is 213 Å². The molecule has 0 aliphatic heterocycles. The standard InChI is InChI=1S/C28H26ClN3O2S/c1-18(22-8-5-4-6-9-22)30-26(33)23-14-12-21(13-15-23)17-32-19(2)20(3)35-28(32)31-27(34)24-10-7-11-25(29)16-24/h4-16,18H,17H2,1-3H3,(H,30,33)/t18-/m0/s1. The van der Waals surface area contributed by atoms with E-state index in [-0.39, 0.29) is 17.9 Å². The number of nitrogens with one attached hydrogen (secondary N) is 1. The molecule has 0 aliphatic carbocycles. The van der Waals surface area contributed by atoms with E-state index in [2.05, 4.69) is 10.3 Å². The number of amides is 2. The quantitative estimate of drug-likeness (QED) is 0.345. The highest BCUT2D eigenvalue weighted by molar-refractivity contribution is 7.09. The molecular formula is C28H26ClN3O2S. The van der Waals surface area contributed by atoms with Gasteiger partial charge in [-0.05, 0) is 62.2 Å². The lowest BCUT2D eigenvalue weighted by Crippen LogP contribution is -2.26. The van der Waals surface area contributed by atoms with E-state index in [1.54, 1.807) is 24.3 Å². The van der Waals surface area contributed by atoms with Gasteiger partial charge in [0.25, 0.3) is 11.8 Å². The highest BCUT2D eigenvalue weighted by Gasteiger charge is 2.13. The Morgan fingerprint density at radius 1 is 0.971 bits per heavy atom. The average Bonchev–Trinajstić information content (AvgIpc) is 3.12. The van der Waals surface area contributed by atoms with E-state index in [1.807, 2.05) is 79.9 Å². The Balaban J connectivity index is 1.52. The van der Waals surface area contributed by atoms with E-state index in [0.717, 1.165) is 21.7 Å². The minimum absolute atomic E-state index is 0.0865. The van der Waals surface area contributed by atoms with Crippen molar-refractivity contribution in [1.82, 2.24) is 9.88 Å². The summed E-state index contributed by atoms with van der Waals surface area (Å²) in [6.07, 6.45) is 0. The van der Waals surface area contributed by atoms with Gasteiger partial charge in [0.1, 0.15) is 0 Å². The number of carbonyl (C=O) groups excluding carboxylic acids is 2. The van der Waals surface area contributed by atoms with Gasteiger partial charge in [0.2, 0.25) is 0 Å². The summed E-state index contributed by atoms with van der Waals surface area (Å²) in [4.78, 5) is 31.5. The molecule has 3 aromatic carbocycles. The van der Waals surface area contributed by atoms with Crippen molar-refractivity contribution < 1.29 is 9.59 Å². The number of carbonyl (C=O) groups is 2. The summed E-state index contributed by atoms with van der Waals surface area (Å²) < 4.78 is 2.02. The van der Waals surface area contributed by atoms with Crippen LogP contribution in [0, 0.1) is 13.8 Å². The Morgan fingerprint density at radius 3 is 2.37 bits per heavy atom. The minimum atomic E-state index is -0.331. The molecule has 35 heavy (non-hydrogen) atoms. The predicted molar refractivity (Wildman–Crippen MR) is 141 cm³/mol. The molecule has 1 aromatic heterocycles. The molecule has 0 aliphatic rings. The molecule has 1 heterocycles. The van der Waals surface area contributed by atoms with Crippen molar-refractivity contribution in [2.75, 3.05) is 0 Å². The molecule has 2 amide bonds. The fourth-order valence-corrected chi connectivity index (χ4v) is 4.85. The third kappa shape index (κ3) is 5.96. The molecule has 0 radical (unpaired) electrons. The Morgan fingerprint density at radius 2 is 1.69 bits per heavy atom. The molecule has 0 saturated heterocycles. The van der Waals surface area contributed by atoms with E-state index in [1.165, 1.54) is 11.3 Å². The van der Waals surface area contributed by atoms with Crippen molar-refractivity contribution in [2.45, 2.75) is 33.4 Å². The third-order valence-corrected chi connectivity index (χ3v) is 7.19. The van der Waals surface area contributed by atoms with Crippen LogP contribution in [0.4, 0.5) is 0 Å². The van der Waals surface area contributed by atoms with E-state index in [4.69, 9.17) is 11.6 Å². The molecule has 0 bridgehead atoms. The maximum Gasteiger partial charge on any atom is 0.279 e. The molecule has 0 fully saturated rings. The second-order valence-electron chi connectivity index (χ2n) is 8.34. The minimum Gasteiger partial charge on any atom is -0.346 e. The van der Waals surface area contributed by atoms with E-state index in [9.17, 15) is 9.59 Å². The summed E-state index contributed by atoms with van der Waals surface area (Å²) in [5.74, 6) is -0.451. The van der Waals surface area contributed by atoms with Crippen molar-refractivity contribution in [2.24, 2.45) is 4.99 Å². The molecule has 0 spiro atoms. The summed E-state index contributed by atoms with van der Waals surface area (Å²) in [7, 11) is 0. The van der Waals surface area contributed by atoms with Crippen LogP contribution in [0.15, 0.2) is 83.9 Å². The first-order chi connectivity index (χ1) is 16.8. The fourth-order valence-electron chi connectivity index (χ4n) is 3.69. The zero-order chi connectivity index (χ0) is 24.9. The number of hydrogen-bond donors (Lipinski definition) is 1. The highest BCUT2D eigenvalue weighted by atomic mass is 35.5. The summed E-state index contributed by atoms with van der Waals surface area (Å²) >= 11 is 7.51. The topological polar surface area (TPSA) is 63.5 Å². The fraction of sp³-hybridized carbons (Fsp3) is 0.179. The summed E-state index contributed by atoms with van der Waals surface area (Å²) in [5.41, 5.74) is 4.16. The molecule has 5 nitrogen and oxygen atoms in total. The first-order valence-electron chi connectivity index (χ1n) is 11.3. The number of rotatable bonds is 6. The molecule has 1 N–H and O–H groups in total. The zero-order valence-electron chi connectivity index (χ0n) is 19.8. The third-order valence-electron chi connectivity index (χ3n) is 5.86. The number of thiazole rings is 1. The smallest absolute Gasteiger partial charge is 0.279 e. The van der Waals surface area contributed by atoms with Crippen molar-refractivity contribution in [3.05, 3.63) is 122 Å². The van der Waals surface area contributed by atoms with Crippen LogP contribution in [0.25, 0.3) is 0 Å². The molecule has 178 valence electrons. The summed E-state index contributed by atoms with van der Waals surface area (Å²) in [6.45, 7) is 6.54. The van der Waals surface area contributed by atoms with Crippen molar-refractivity contribution >= 4 is 34.8 Å². The molecule has 0 unspecified atom stereocenters. The number of benzene rings is 3. The van der Waals surface area contributed by atoms with E-state index in [0.29, 0.717) is 27.5 Å². The van der Waals surface area contributed by atoms with E-state index >= 15 is 0 Å². The molecule has 4 aromatic rings. The SMILES string of the molecule is Cc1sc(=NC(=O)c2cccc(Cl)c2)n(Cc2ccc(C(=O)N[C@@H](C)c3ccccc3)cc2)c1C. The van der Waals surface area contributed by atoms with Crippen LogP contribution in [0.5, 0.6) is 0 Å². The monoisotopic (exact) mass is 503 g/mol. The number of nitrogens with zero attached hydrogens (tertiary/aromatic N) is 2. The largest absolute Gasteiger partial charge is 0.346 e. The van der Waals surface area contributed by atoms with Crippen LogP contribution < -0.4 is 10.1 Å². The predicted octanol–water partition coefficient (Wildman–Crippen LogP) is 6.10. The van der Waals surface area contributed by atoms with Gasteiger partial charge in [0.15, 0.2) is 4.80 Å². The number of halogens is 1. The average molecular weight is 504 g/mol. The number of aromatic nitrogens is 1. The first-order valence-corrected chi connectivity index (χ1v) is 12.5. The van der Waals surface area contributed by atoms with Gasteiger partial charge in [0, 0.05) is 26.7 Å². The molecule has 0 saturated carbocycles. The van der Waals surface area contributed by atoms with E-state index < -0.39 is 0 Å². The van der Waals surface area contributed by atoms with Crippen LogP contribution in [-0.4, -0.2) is 16.4 Å². The van der Waals surface area contributed by atoms with Crippen LogP contribution in [0.3, 0.4) is 0 Å². The van der Waals surface area contributed by atoms with Crippen molar-refractivity contribution in [3.8, 4) is 0 Å². The van der Waals surface area contributed by atoms with Crippen molar-refractivity contribution in [1.29, 1.82) is 0 Å².